The quantitative estimate of drug-likeness (QED) is 0.171. The van der Waals surface area contributed by atoms with Crippen LogP contribution in [-0.4, -0.2) is 58.0 Å². The molecule has 1 N–H and O–H groups in total. The first kappa shape index (κ1) is 35.4. The molecular weight excluding hydrogens is 645 g/mol. The Kier molecular flexibility index (Phi) is 11.9. The average Bonchev–Trinajstić information content (AvgIpc) is 3.13. The van der Waals surface area contributed by atoms with E-state index in [-0.39, 0.29) is 41.2 Å². The van der Waals surface area contributed by atoms with Crippen LogP contribution in [0, 0.1) is 5.82 Å². The molecule has 11 heteroatoms. The highest BCUT2D eigenvalue weighted by Gasteiger charge is 2.35. The first-order valence-electron chi connectivity index (χ1n) is 16.4. The van der Waals surface area contributed by atoms with Gasteiger partial charge in [-0.3, -0.25) is 13.9 Å². The number of nitrogens with zero attached hydrogens (tertiary/aromatic N) is 2. The Morgan fingerprint density at radius 1 is 0.816 bits per heavy atom. The predicted octanol–water partition coefficient (Wildman–Crippen LogP) is 6.13. The largest absolute Gasteiger partial charge is 0.493 e. The topological polar surface area (TPSA) is 105 Å². The summed E-state index contributed by atoms with van der Waals surface area (Å²) < 4.78 is 54.4. The Morgan fingerprint density at radius 2 is 1.45 bits per heavy atom. The molecule has 4 aromatic carbocycles. The van der Waals surface area contributed by atoms with Crippen molar-refractivity contribution in [3.05, 3.63) is 120 Å². The fraction of sp³-hybridized carbons (Fsp3) is 0.316. The van der Waals surface area contributed by atoms with Gasteiger partial charge in [0.2, 0.25) is 11.8 Å². The number of halogens is 1. The third kappa shape index (κ3) is 8.97. The molecule has 1 saturated carbocycles. The van der Waals surface area contributed by atoms with Crippen molar-refractivity contribution >= 4 is 27.5 Å². The van der Waals surface area contributed by atoms with Gasteiger partial charge in [0.15, 0.2) is 11.5 Å². The fourth-order valence-corrected chi connectivity index (χ4v) is 7.54. The second kappa shape index (κ2) is 16.5. The highest BCUT2D eigenvalue weighted by atomic mass is 32.2. The summed E-state index contributed by atoms with van der Waals surface area (Å²) in [6.45, 7) is -0.655. The number of anilines is 1. The van der Waals surface area contributed by atoms with E-state index in [4.69, 9.17) is 9.47 Å². The Hall–Kier alpha value is -4.90. The Balaban J connectivity index is 1.56. The van der Waals surface area contributed by atoms with E-state index in [1.54, 1.807) is 42.5 Å². The Morgan fingerprint density at radius 3 is 2.08 bits per heavy atom. The summed E-state index contributed by atoms with van der Waals surface area (Å²) in [6, 6.07) is 26.6. The predicted molar refractivity (Wildman–Crippen MR) is 186 cm³/mol. The molecule has 0 aliphatic heterocycles. The van der Waals surface area contributed by atoms with Crippen molar-refractivity contribution < 1.29 is 31.9 Å². The lowest BCUT2D eigenvalue weighted by Gasteiger charge is -2.35. The molecule has 2 amide bonds. The summed E-state index contributed by atoms with van der Waals surface area (Å²) in [4.78, 5) is 30.1. The second-order valence-electron chi connectivity index (χ2n) is 12.1. The lowest BCUT2D eigenvalue weighted by molar-refractivity contribution is -0.140. The first-order chi connectivity index (χ1) is 23.7. The molecule has 1 atom stereocenters. The van der Waals surface area contributed by atoms with Gasteiger partial charge in [0.25, 0.3) is 10.0 Å². The lowest BCUT2D eigenvalue weighted by Crippen LogP contribution is -2.55. The molecule has 49 heavy (non-hydrogen) atoms. The van der Waals surface area contributed by atoms with E-state index < -0.39 is 34.3 Å². The Labute approximate surface area is 287 Å². The number of sulfonamides is 1. The molecule has 0 saturated heterocycles. The van der Waals surface area contributed by atoms with E-state index >= 15 is 0 Å². The van der Waals surface area contributed by atoms with Crippen LogP contribution in [0.1, 0.15) is 43.2 Å². The van der Waals surface area contributed by atoms with Crippen LogP contribution >= 0.6 is 0 Å². The minimum Gasteiger partial charge on any atom is -0.493 e. The van der Waals surface area contributed by atoms with Crippen LogP contribution in [0.15, 0.2) is 108 Å². The molecule has 0 spiro atoms. The van der Waals surface area contributed by atoms with Gasteiger partial charge in [0.1, 0.15) is 18.4 Å². The third-order valence-corrected chi connectivity index (χ3v) is 10.5. The maximum absolute atomic E-state index is 14.6. The number of rotatable bonds is 14. The maximum atomic E-state index is 14.6. The molecule has 1 unspecified atom stereocenters. The Bertz CT molecular complexity index is 1800. The van der Waals surface area contributed by atoms with Crippen LogP contribution in [0.3, 0.4) is 0 Å². The van der Waals surface area contributed by atoms with E-state index in [1.165, 1.54) is 49.5 Å². The van der Waals surface area contributed by atoms with Gasteiger partial charge in [0, 0.05) is 25.1 Å². The summed E-state index contributed by atoms with van der Waals surface area (Å²) in [7, 11) is -1.49. The normalized spacial score (nSPS) is 14.0. The SMILES string of the molecule is COc1ccc(S(=O)(=O)N(CC(=O)N(Cc2ccc(F)cc2)C(Cc2ccccc2)C(=O)NC2CCCCC2)c2ccccc2)cc1OC. The summed E-state index contributed by atoms with van der Waals surface area (Å²) in [6.07, 6.45) is 5.01. The van der Waals surface area contributed by atoms with Crippen molar-refractivity contribution in [1.29, 1.82) is 0 Å². The molecular formula is C38H42FN3O6S. The van der Waals surface area contributed by atoms with Gasteiger partial charge < -0.3 is 19.7 Å². The molecule has 1 aliphatic carbocycles. The van der Waals surface area contributed by atoms with Gasteiger partial charge >= 0.3 is 0 Å². The van der Waals surface area contributed by atoms with Gasteiger partial charge in [-0.25, -0.2) is 12.8 Å². The van der Waals surface area contributed by atoms with E-state index in [2.05, 4.69) is 5.32 Å². The number of para-hydroxylation sites is 1. The molecule has 258 valence electrons. The van der Waals surface area contributed by atoms with Gasteiger partial charge in [-0.05, 0) is 60.4 Å². The van der Waals surface area contributed by atoms with E-state index in [9.17, 15) is 22.4 Å². The van der Waals surface area contributed by atoms with Crippen molar-refractivity contribution in [3.8, 4) is 11.5 Å². The maximum Gasteiger partial charge on any atom is 0.264 e. The van der Waals surface area contributed by atoms with Gasteiger partial charge in [-0.2, -0.15) is 0 Å². The van der Waals surface area contributed by atoms with Crippen molar-refractivity contribution in [3.63, 3.8) is 0 Å². The zero-order valence-electron chi connectivity index (χ0n) is 27.8. The molecule has 0 heterocycles. The van der Waals surface area contributed by atoms with E-state index in [0.29, 0.717) is 11.3 Å². The zero-order valence-corrected chi connectivity index (χ0v) is 28.6. The third-order valence-electron chi connectivity index (χ3n) is 8.75. The first-order valence-corrected chi connectivity index (χ1v) is 17.8. The van der Waals surface area contributed by atoms with Crippen LogP contribution < -0.4 is 19.1 Å². The van der Waals surface area contributed by atoms with E-state index in [1.807, 2.05) is 30.3 Å². The number of amides is 2. The monoisotopic (exact) mass is 687 g/mol. The lowest BCUT2D eigenvalue weighted by atomic mass is 9.94. The fourth-order valence-electron chi connectivity index (χ4n) is 6.11. The van der Waals surface area contributed by atoms with Gasteiger partial charge in [0.05, 0.1) is 24.8 Å². The summed E-state index contributed by atoms with van der Waals surface area (Å²) >= 11 is 0. The standard InChI is InChI=1S/C38H42FN3O6S/c1-47-35-23-22-33(25-36(35)48-2)49(45,46)42(32-16-10-5-11-17-32)27-37(43)41(26-29-18-20-30(39)21-19-29)34(24-28-12-6-3-7-13-28)38(44)40-31-14-8-4-9-15-31/h3,5-7,10-13,16-23,25,31,34H,4,8-9,14-15,24,26-27H2,1-2H3,(H,40,44). The summed E-state index contributed by atoms with van der Waals surface area (Å²) in [5.74, 6) is -0.795. The number of hydrogen-bond donors (Lipinski definition) is 1. The smallest absolute Gasteiger partial charge is 0.264 e. The number of carbonyl (C=O) groups excluding carboxylic acids is 2. The summed E-state index contributed by atoms with van der Waals surface area (Å²) in [5.41, 5.74) is 1.69. The number of hydrogen-bond acceptors (Lipinski definition) is 6. The van der Waals surface area contributed by atoms with Crippen molar-refractivity contribution in [2.45, 2.75) is 62.0 Å². The molecule has 0 bridgehead atoms. The average molecular weight is 688 g/mol. The van der Waals surface area contributed by atoms with Crippen molar-refractivity contribution in [2.75, 3.05) is 25.1 Å². The number of carbonyl (C=O) groups is 2. The minimum absolute atomic E-state index is 0.0199. The molecule has 4 aromatic rings. The van der Waals surface area contributed by atoms with Crippen molar-refractivity contribution in [2.24, 2.45) is 0 Å². The van der Waals surface area contributed by atoms with Crippen molar-refractivity contribution in [1.82, 2.24) is 10.2 Å². The number of nitrogens with one attached hydrogen (secondary N) is 1. The summed E-state index contributed by atoms with van der Waals surface area (Å²) in [5, 5.41) is 3.18. The zero-order chi connectivity index (χ0) is 34.8. The van der Waals surface area contributed by atoms with Crippen LogP contribution in [0.2, 0.25) is 0 Å². The highest BCUT2D eigenvalue weighted by molar-refractivity contribution is 7.92. The molecule has 1 aliphatic rings. The van der Waals surface area contributed by atoms with E-state index in [0.717, 1.165) is 42.0 Å². The molecule has 9 nitrogen and oxygen atoms in total. The van der Waals surface area contributed by atoms with Crippen LogP contribution in [0.25, 0.3) is 0 Å². The minimum atomic E-state index is -4.35. The van der Waals surface area contributed by atoms with Gasteiger partial charge in [-0.1, -0.05) is 79.9 Å². The van der Waals surface area contributed by atoms with Crippen LogP contribution in [0.5, 0.6) is 11.5 Å². The number of methoxy groups -OCH3 is 2. The van der Waals surface area contributed by atoms with Gasteiger partial charge in [-0.15, -0.1) is 0 Å². The van der Waals surface area contributed by atoms with Crippen LogP contribution in [-0.2, 0) is 32.6 Å². The molecule has 0 radical (unpaired) electrons. The number of benzene rings is 4. The number of ether oxygens (including phenoxy) is 2. The van der Waals surface area contributed by atoms with Crippen LogP contribution in [0.4, 0.5) is 10.1 Å². The molecule has 1 fully saturated rings. The molecule has 0 aromatic heterocycles. The highest BCUT2D eigenvalue weighted by Crippen LogP contribution is 2.32. The second-order valence-corrected chi connectivity index (χ2v) is 13.9. The molecule has 5 rings (SSSR count).